The summed E-state index contributed by atoms with van der Waals surface area (Å²) in [6.45, 7) is 5.98. The minimum absolute atomic E-state index is 0. The van der Waals surface area contributed by atoms with E-state index in [9.17, 15) is 4.79 Å². The lowest BCUT2D eigenvalue weighted by Crippen LogP contribution is -2.50. The van der Waals surface area contributed by atoms with Gasteiger partial charge in [0.05, 0.1) is 0 Å². The number of hydrogen-bond acceptors (Lipinski definition) is 3. The van der Waals surface area contributed by atoms with Crippen molar-refractivity contribution in [1.82, 2.24) is 10.2 Å². The van der Waals surface area contributed by atoms with E-state index in [4.69, 9.17) is 11.6 Å². The van der Waals surface area contributed by atoms with E-state index in [1.165, 1.54) is 0 Å². The van der Waals surface area contributed by atoms with Crippen LogP contribution in [0.1, 0.15) is 13.3 Å². The third kappa shape index (κ3) is 5.29. The molecule has 1 aliphatic rings. The Labute approximate surface area is 131 Å². The zero-order valence-electron chi connectivity index (χ0n) is 11.6. The van der Waals surface area contributed by atoms with Crippen LogP contribution in [0.25, 0.3) is 0 Å². The molecule has 20 heavy (non-hydrogen) atoms. The molecule has 1 amide bonds. The predicted octanol–water partition coefficient (Wildman–Crippen LogP) is 2.38. The summed E-state index contributed by atoms with van der Waals surface area (Å²) in [5, 5.41) is 6.85. The fourth-order valence-electron chi connectivity index (χ4n) is 2.25. The molecule has 1 aromatic rings. The topological polar surface area (TPSA) is 44.4 Å². The van der Waals surface area contributed by atoms with Crippen LogP contribution in [-0.2, 0) is 4.79 Å². The first kappa shape index (κ1) is 17.2. The van der Waals surface area contributed by atoms with Gasteiger partial charge in [0.25, 0.3) is 0 Å². The van der Waals surface area contributed by atoms with Gasteiger partial charge in [-0.3, -0.25) is 9.69 Å². The smallest absolute Gasteiger partial charge is 0.225 e. The molecule has 0 saturated carbocycles. The maximum Gasteiger partial charge on any atom is 0.225 e. The average Bonchev–Trinajstić information content (AvgIpc) is 2.38. The summed E-state index contributed by atoms with van der Waals surface area (Å²) in [7, 11) is 0. The molecule has 2 N–H and O–H groups in total. The maximum atomic E-state index is 11.9. The molecule has 2 rings (SSSR count). The van der Waals surface area contributed by atoms with Gasteiger partial charge in [-0.05, 0) is 25.1 Å². The number of nitrogens with one attached hydrogen (secondary N) is 2. The molecule has 4 nitrogen and oxygen atoms in total. The molecule has 0 spiro atoms. The Balaban J connectivity index is 0.00000200. The number of carbonyl (C=O) groups excluding carboxylic acids is 1. The SMILES string of the molecule is C[C@@H]1CNCCN1CCC(=O)Nc1cccc(Cl)c1.Cl. The summed E-state index contributed by atoms with van der Waals surface area (Å²) in [4.78, 5) is 14.2. The highest BCUT2D eigenvalue weighted by Crippen LogP contribution is 2.15. The number of carbonyl (C=O) groups is 1. The van der Waals surface area contributed by atoms with Crippen LogP contribution in [0.4, 0.5) is 5.69 Å². The second-order valence-corrected chi connectivity index (χ2v) is 5.33. The quantitative estimate of drug-likeness (QED) is 0.896. The highest BCUT2D eigenvalue weighted by Gasteiger charge is 2.18. The van der Waals surface area contributed by atoms with Gasteiger partial charge in [-0.1, -0.05) is 17.7 Å². The highest BCUT2D eigenvalue weighted by atomic mass is 35.5. The van der Waals surface area contributed by atoms with Crippen LogP contribution in [0.15, 0.2) is 24.3 Å². The van der Waals surface area contributed by atoms with Gasteiger partial charge in [-0.15, -0.1) is 12.4 Å². The molecular weight excluding hydrogens is 297 g/mol. The van der Waals surface area contributed by atoms with E-state index in [0.717, 1.165) is 31.9 Å². The van der Waals surface area contributed by atoms with Gasteiger partial charge in [0.2, 0.25) is 5.91 Å². The molecule has 1 saturated heterocycles. The largest absolute Gasteiger partial charge is 0.326 e. The monoisotopic (exact) mass is 317 g/mol. The van der Waals surface area contributed by atoms with Crippen LogP contribution in [0.2, 0.25) is 5.02 Å². The first-order valence-corrected chi connectivity index (χ1v) is 7.03. The van der Waals surface area contributed by atoms with E-state index >= 15 is 0 Å². The maximum absolute atomic E-state index is 11.9. The highest BCUT2D eigenvalue weighted by molar-refractivity contribution is 6.30. The van der Waals surface area contributed by atoms with E-state index in [1.807, 2.05) is 12.1 Å². The first-order chi connectivity index (χ1) is 9.15. The van der Waals surface area contributed by atoms with E-state index in [1.54, 1.807) is 12.1 Å². The number of rotatable bonds is 4. The zero-order valence-corrected chi connectivity index (χ0v) is 13.1. The van der Waals surface area contributed by atoms with Crippen LogP contribution >= 0.6 is 24.0 Å². The molecule has 0 bridgehead atoms. The van der Waals surface area contributed by atoms with Crippen molar-refractivity contribution < 1.29 is 4.79 Å². The van der Waals surface area contributed by atoms with Gasteiger partial charge in [0, 0.05) is 49.4 Å². The Morgan fingerprint density at radius 2 is 2.35 bits per heavy atom. The van der Waals surface area contributed by atoms with Crippen molar-refractivity contribution in [1.29, 1.82) is 0 Å². The molecule has 1 aliphatic heterocycles. The Morgan fingerprint density at radius 3 is 3.05 bits per heavy atom. The minimum atomic E-state index is 0. The molecule has 1 aromatic carbocycles. The molecule has 0 radical (unpaired) electrons. The summed E-state index contributed by atoms with van der Waals surface area (Å²) in [5.41, 5.74) is 0.755. The van der Waals surface area contributed by atoms with E-state index < -0.39 is 0 Å². The minimum Gasteiger partial charge on any atom is -0.326 e. The summed E-state index contributed by atoms with van der Waals surface area (Å²) in [6, 6.07) is 7.72. The van der Waals surface area contributed by atoms with Crippen molar-refractivity contribution in [2.24, 2.45) is 0 Å². The number of piperazine rings is 1. The molecular formula is C14H21Cl2N3O. The third-order valence-corrected chi connectivity index (χ3v) is 3.61. The van der Waals surface area contributed by atoms with E-state index in [0.29, 0.717) is 17.5 Å². The lowest BCUT2D eigenvalue weighted by atomic mass is 10.2. The Hall–Kier alpha value is -0.810. The van der Waals surface area contributed by atoms with Crippen LogP contribution in [-0.4, -0.2) is 43.0 Å². The summed E-state index contributed by atoms with van der Waals surface area (Å²) >= 11 is 5.88. The van der Waals surface area contributed by atoms with Crippen LogP contribution in [0, 0.1) is 0 Å². The Bertz CT molecular complexity index is 442. The van der Waals surface area contributed by atoms with Crippen molar-refractivity contribution in [3.05, 3.63) is 29.3 Å². The van der Waals surface area contributed by atoms with Crippen LogP contribution in [0.3, 0.4) is 0 Å². The fraction of sp³-hybridized carbons (Fsp3) is 0.500. The van der Waals surface area contributed by atoms with Gasteiger partial charge in [0.15, 0.2) is 0 Å². The molecule has 0 aliphatic carbocycles. The summed E-state index contributed by atoms with van der Waals surface area (Å²) < 4.78 is 0. The number of hydrogen-bond donors (Lipinski definition) is 2. The molecule has 1 heterocycles. The summed E-state index contributed by atoms with van der Waals surface area (Å²) in [6.07, 6.45) is 0.511. The number of benzene rings is 1. The van der Waals surface area contributed by atoms with Crippen molar-refractivity contribution in [2.45, 2.75) is 19.4 Å². The lowest BCUT2D eigenvalue weighted by Gasteiger charge is -2.33. The first-order valence-electron chi connectivity index (χ1n) is 6.65. The number of halogens is 2. The van der Waals surface area contributed by atoms with Gasteiger partial charge in [-0.25, -0.2) is 0 Å². The van der Waals surface area contributed by atoms with Crippen molar-refractivity contribution in [3.8, 4) is 0 Å². The zero-order chi connectivity index (χ0) is 13.7. The second-order valence-electron chi connectivity index (χ2n) is 4.90. The number of anilines is 1. The van der Waals surface area contributed by atoms with Crippen LogP contribution in [0.5, 0.6) is 0 Å². The summed E-state index contributed by atoms with van der Waals surface area (Å²) in [5.74, 6) is 0.0352. The predicted molar refractivity (Wildman–Crippen MR) is 85.9 cm³/mol. The second kappa shape index (κ2) is 8.47. The van der Waals surface area contributed by atoms with E-state index in [2.05, 4.69) is 22.5 Å². The Kier molecular flexibility index (Phi) is 7.30. The van der Waals surface area contributed by atoms with Gasteiger partial charge in [0.1, 0.15) is 0 Å². The van der Waals surface area contributed by atoms with Gasteiger partial charge in [-0.2, -0.15) is 0 Å². The van der Waals surface area contributed by atoms with E-state index in [-0.39, 0.29) is 18.3 Å². The molecule has 0 aromatic heterocycles. The van der Waals surface area contributed by atoms with Crippen molar-refractivity contribution in [3.63, 3.8) is 0 Å². The average molecular weight is 318 g/mol. The standard InChI is InChI=1S/C14H20ClN3O.ClH/c1-11-10-16-6-8-18(11)7-5-14(19)17-13-4-2-3-12(15)9-13;/h2-4,9,11,16H,5-8,10H2,1H3,(H,17,19);1H/t11-;/m1./s1. The lowest BCUT2D eigenvalue weighted by molar-refractivity contribution is -0.116. The fourth-order valence-corrected chi connectivity index (χ4v) is 2.44. The molecule has 6 heteroatoms. The van der Waals surface area contributed by atoms with Crippen LogP contribution < -0.4 is 10.6 Å². The van der Waals surface area contributed by atoms with Crippen molar-refractivity contribution in [2.75, 3.05) is 31.5 Å². The molecule has 1 fully saturated rings. The number of amides is 1. The molecule has 112 valence electrons. The normalized spacial score (nSPS) is 19.2. The number of nitrogens with zero attached hydrogens (tertiary/aromatic N) is 1. The molecule has 1 atom stereocenters. The van der Waals surface area contributed by atoms with Gasteiger partial charge < -0.3 is 10.6 Å². The Morgan fingerprint density at radius 1 is 1.55 bits per heavy atom. The molecule has 0 unspecified atom stereocenters. The van der Waals surface area contributed by atoms with Gasteiger partial charge >= 0.3 is 0 Å². The third-order valence-electron chi connectivity index (χ3n) is 3.37. The van der Waals surface area contributed by atoms with Crippen molar-refractivity contribution >= 4 is 35.6 Å².